The molecule has 1 aliphatic rings. The lowest BCUT2D eigenvalue weighted by atomic mass is 10.0. The van der Waals surface area contributed by atoms with Crippen LogP contribution in [0.1, 0.15) is 22.4 Å². The zero-order chi connectivity index (χ0) is 15.9. The van der Waals surface area contributed by atoms with Crippen molar-refractivity contribution in [1.82, 2.24) is 14.9 Å². The van der Waals surface area contributed by atoms with Crippen LogP contribution in [0, 0.1) is 17.5 Å². The van der Waals surface area contributed by atoms with Crippen molar-refractivity contribution < 1.29 is 4.39 Å². The Labute approximate surface area is 136 Å². The lowest BCUT2D eigenvalue weighted by molar-refractivity contribution is 0.237. The predicted octanol–water partition coefficient (Wildman–Crippen LogP) is 3.09. The summed E-state index contributed by atoms with van der Waals surface area (Å²) in [5, 5.41) is 0.463. The Bertz CT molecular complexity index is 846. The van der Waals surface area contributed by atoms with Crippen molar-refractivity contribution in [3.8, 4) is 0 Å². The molecule has 0 bridgehead atoms. The first kappa shape index (κ1) is 15.4. The van der Waals surface area contributed by atoms with E-state index >= 15 is 0 Å². The van der Waals surface area contributed by atoms with Crippen LogP contribution in [0.25, 0.3) is 0 Å². The molecule has 2 aromatic rings. The minimum atomic E-state index is -0.305. The molecule has 1 aromatic carbocycles. The largest absolute Gasteiger partial charge is 0.334 e. The van der Waals surface area contributed by atoms with Gasteiger partial charge in [0.1, 0.15) is 5.82 Å². The van der Waals surface area contributed by atoms with Crippen LogP contribution in [0.5, 0.6) is 0 Å². The Kier molecular flexibility index (Phi) is 4.16. The summed E-state index contributed by atoms with van der Waals surface area (Å²) in [7, 11) is 0. The van der Waals surface area contributed by atoms with Crippen LogP contribution in [-0.2, 0) is 19.5 Å². The lowest BCUT2D eigenvalue weighted by Gasteiger charge is -2.28. The molecular formula is C15H15ClFN3OS. The highest BCUT2D eigenvalue weighted by molar-refractivity contribution is 7.71. The summed E-state index contributed by atoms with van der Waals surface area (Å²) in [4.78, 5) is 19.5. The van der Waals surface area contributed by atoms with Gasteiger partial charge >= 0.3 is 0 Å². The number of hydrogen-bond donors (Lipinski definition) is 2. The van der Waals surface area contributed by atoms with Crippen molar-refractivity contribution >= 4 is 23.8 Å². The number of aromatic nitrogens is 2. The topological polar surface area (TPSA) is 51.9 Å². The Balaban J connectivity index is 1.89. The van der Waals surface area contributed by atoms with Crippen LogP contribution < -0.4 is 5.56 Å². The molecular weight excluding hydrogens is 325 g/mol. The van der Waals surface area contributed by atoms with Crippen molar-refractivity contribution in [1.29, 1.82) is 0 Å². The Morgan fingerprint density at radius 1 is 1.41 bits per heavy atom. The summed E-state index contributed by atoms with van der Waals surface area (Å²) in [6, 6.07) is 3.11. The number of hydrogen-bond acceptors (Lipinski definition) is 3. The van der Waals surface area contributed by atoms with Crippen molar-refractivity contribution in [2.45, 2.75) is 26.4 Å². The van der Waals surface area contributed by atoms with E-state index in [4.69, 9.17) is 23.8 Å². The molecule has 0 unspecified atom stereocenters. The molecule has 4 nitrogen and oxygen atoms in total. The van der Waals surface area contributed by atoms with Gasteiger partial charge in [0, 0.05) is 36.5 Å². The van der Waals surface area contributed by atoms with E-state index in [1.165, 1.54) is 6.07 Å². The van der Waals surface area contributed by atoms with Crippen molar-refractivity contribution in [2.24, 2.45) is 0 Å². The van der Waals surface area contributed by atoms with Crippen LogP contribution in [0.15, 0.2) is 16.9 Å². The fraction of sp³-hybridized carbons (Fsp3) is 0.333. The second-order valence-electron chi connectivity index (χ2n) is 5.48. The molecule has 0 saturated heterocycles. The second-order valence-corrected chi connectivity index (χ2v) is 6.27. The number of fused-ring (bicyclic) bond motifs is 1. The zero-order valence-electron chi connectivity index (χ0n) is 12.0. The number of nitrogens with zero attached hydrogens (tertiary/aromatic N) is 1. The molecule has 2 heterocycles. The highest BCUT2D eigenvalue weighted by atomic mass is 35.5. The van der Waals surface area contributed by atoms with E-state index < -0.39 is 0 Å². The quantitative estimate of drug-likeness (QED) is 0.827. The Morgan fingerprint density at radius 3 is 2.95 bits per heavy atom. The Morgan fingerprint density at radius 2 is 2.18 bits per heavy atom. The van der Waals surface area contributed by atoms with Gasteiger partial charge in [-0.1, -0.05) is 17.7 Å². The molecule has 0 fully saturated rings. The summed E-state index contributed by atoms with van der Waals surface area (Å²) in [6.07, 6.45) is 0.599. The molecule has 0 atom stereocenters. The number of nitrogens with one attached hydrogen (secondary N) is 2. The summed E-state index contributed by atoms with van der Waals surface area (Å²) >= 11 is 11.2. The van der Waals surface area contributed by atoms with E-state index in [9.17, 15) is 9.18 Å². The first-order chi connectivity index (χ1) is 10.5. The van der Waals surface area contributed by atoms with Gasteiger partial charge < -0.3 is 4.98 Å². The molecule has 0 spiro atoms. The molecule has 7 heteroatoms. The van der Waals surface area contributed by atoms with Gasteiger partial charge in [0.2, 0.25) is 0 Å². The van der Waals surface area contributed by atoms with Crippen LogP contribution in [0.2, 0.25) is 5.02 Å². The number of H-pyrrole nitrogens is 2. The number of aromatic amines is 2. The number of benzene rings is 1. The average Bonchev–Trinajstić information content (AvgIpc) is 2.47. The average molecular weight is 340 g/mol. The Hall–Kier alpha value is -1.50. The molecule has 22 heavy (non-hydrogen) atoms. The molecule has 1 aliphatic heterocycles. The van der Waals surface area contributed by atoms with Gasteiger partial charge in [0.25, 0.3) is 5.56 Å². The first-order valence-corrected chi connectivity index (χ1v) is 7.74. The summed E-state index contributed by atoms with van der Waals surface area (Å²) in [5.41, 5.74) is 2.72. The fourth-order valence-corrected chi connectivity index (χ4v) is 3.18. The fourth-order valence-electron chi connectivity index (χ4n) is 2.75. The standard InChI is InChI=1S/C15H15ClFN3OS/c1-8-2-3-11(17)10(13(8)16)6-20-5-4-9-12(7-20)18-15(22)19-14(9)21/h2-3H,4-7H2,1H3,(H2,18,19,21,22). The van der Waals surface area contributed by atoms with E-state index in [1.54, 1.807) is 6.07 Å². The first-order valence-electron chi connectivity index (χ1n) is 6.96. The summed E-state index contributed by atoms with van der Waals surface area (Å²) in [5.74, 6) is -0.305. The maximum atomic E-state index is 14.0. The third-order valence-electron chi connectivity index (χ3n) is 3.95. The number of rotatable bonds is 2. The molecule has 3 rings (SSSR count). The molecule has 0 amide bonds. The van der Waals surface area contributed by atoms with Gasteiger partial charge in [-0.15, -0.1) is 0 Å². The summed E-state index contributed by atoms with van der Waals surface area (Å²) in [6.45, 7) is 3.45. The van der Waals surface area contributed by atoms with E-state index in [0.29, 0.717) is 41.4 Å². The monoisotopic (exact) mass is 339 g/mol. The molecule has 1 aromatic heterocycles. The maximum absolute atomic E-state index is 14.0. The molecule has 116 valence electrons. The van der Waals surface area contributed by atoms with Crippen LogP contribution >= 0.6 is 23.8 Å². The zero-order valence-corrected chi connectivity index (χ0v) is 13.6. The van der Waals surface area contributed by atoms with Gasteiger partial charge in [-0.05, 0) is 37.2 Å². The van der Waals surface area contributed by atoms with Crippen molar-refractivity contribution in [2.75, 3.05) is 6.54 Å². The normalized spacial score (nSPS) is 14.9. The van der Waals surface area contributed by atoms with Gasteiger partial charge in [-0.2, -0.15) is 0 Å². The number of aryl methyl sites for hydroxylation is 1. The highest BCUT2D eigenvalue weighted by Crippen LogP contribution is 2.26. The van der Waals surface area contributed by atoms with E-state index in [0.717, 1.165) is 16.8 Å². The van der Waals surface area contributed by atoms with Crippen LogP contribution in [0.4, 0.5) is 4.39 Å². The minimum Gasteiger partial charge on any atom is -0.334 e. The second kappa shape index (κ2) is 5.95. The molecule has 0 saturated carbocycles. The van der Waals surface area contributed by atoms with Gasteiger partial charge in [0.05, 0.1) is 5.02 Å². The SMILES string of the molecule is Cc1ccc(F)c(CN2CCc3c([nH]c(=S)[nH]c3=O)C2)c1Cl. The van der Waals surface area contributed by atoms with Crippen molar-refractivity contribution in [3.05, 3.63) is 60.5 Å². The third kappa shape index (κ3) is 2.86. The van der Waals surface area contributed by atoms with Gasteiger partial charge in [-0.3, -0.25) is 14.7 Å². The maximum Gasteiger partial charge on any atom is 0.255 e. The smallest absolute Gasteiger partial charge is 0.255 e. The van der Waals surface area contributed by atoms with E-state index in [-0.39, 0.29) is 11.4 Å². The molecule has 0 aliphatic carbocycles. The van der Waals surface area contributed by atoms with Crippen LogP contribution in [-0.4, -0.2) is 21.4 Å². The van der Waals surface area contributed by atoms with E-state index in [2.05, 4.69) is 14.9 Å². The highest BCUT2D eigenvalue weighted by Gasteiger charge is 2.21. The van der Waals surface area contributed by atoms with Gasteiger partial charge in [0.15, 0.2) is 4.77 Å². The van der Waals surface area contributed by atoms with Crippen LogP contribution in [0.3, 0.4) is 0 Å². The lowest BCUT2D eigenvalue weighted by Crippen LogP contribution is -2.35. The van der Waals surface area contributed by atoms with Crippen molar-refractivity contribution in [3.63, 3.8) is 0 Å². The minimum absolute atomic E-state index is 0.141. The molecule has 0 radical (unpaired) electrons. The van der Waals surface area contributed by atoms with Gasteiger partial charge in [-0.25, -0.2) is 4.39 Å². The summed E-state index contributed by atoms with van der Waals surface area (Å²) < 4.78 is 14.3. The predicted molar refractivity (Wildman–Crippen MR) is 86.2 cm³/mol. The molecule has 2 N–H and O–H groups in total. The number of halogens is 2. The third-order valence-corrected chi connectivity index (χ3v) is 4.68. The van der Waals surface area contributed by atoms with E-state index in [1.807, 2.05) is 6.92 Å².